The maximum Gasteiger partial charge on any atom is 0.278 e. The van der Waals surface area contributed by atoms with Gasteiger partial charge in [0.1, 0.15) is 5.75 Å². The Morgan fingerprint density at radius 3 is 2.65 bits per heavy atom. The number of benzene rings is 1. The highest BCUT2D eigenvalue weighted by Crippen LogP contribution is 2.23. The van der Waals surface area contributed by atoms with Crippen molar-refractivity contribution >= 4 is 17.2 Å². The number of nitrogens with one attached hydrogen (secondary N) is 1. The van der Waals surface area contributed by atoms with Crippen LogP contribution in [0.25, 0.3) is 0 Å². The van der Waals surface area contributed by atoms with Gasteiger partial charge in [-0.3, -0.25) is 4.79 Å². The predicted octanol–water partition coefficient (Wildman–Crippen LogP) is 3.61. The number of hydrogen-bond donors (Lipinski definition) is 1. The summed E-state index contributed by atoms with van der Waals surface area (Å²) in [5, 5.41) is 5.53. The highest BCUT2D eigenvalue weighted by molar-refractivity contribution is 7.11. The molecule has 5 heteroatoms. The van der Waals surface area contributed by atoms with Gasteiger partial charge in [-0.25, -0.2) is 4.98 Å². The average molecular weight is 288 g/mol. The van der Waals surface area contributed by atoms with Crippen molar-refractivity contribution in [2.24, 2.45) is 0 Å². The van der Waals surface area contributed by atoms with Crippen molar-refractivity contribution in [2.45, 2.75) is 31.7 Å². The van der Waals surface area contributed by atoms with Crippen LogP contribution in [-0.4, -0.2) is 16.9 Å². The minimum absolute atomic E-state index is 0.00213. The first-order valence-electron chi connectivity index (χ1n) is 6.79. The van der Waals surface area contributed by atoms with Crippen molar-refractivity contribution < 1.29 is 9.53 Å². The Labute approximate surface area is 121 Å². The van der Waals surface area contributed by atoms with E-state index in [4.69, 9.17) is 4.74 Å². The van der Waals surface area contributed by atoms with Crippen LogP contribution in [0.1, 0.15) is 36.0 Å². The van der Waals surface area contributed by atoms with Crippen LogP contribution in [0.4, 0.5) is 0 Å². The molecule has 1 N–H and O–H groups in total. The fourth-order valence-corrected chi connectivity index (χ4v) is 2.88. The van der Waals surface area contributed by atoms with E-state index in [1.807, 2.05) is 5.38 Å². The Bertz CT molecular complexity index is 560. The summed E-state index contributed by atoms with van der Waals surface area (Å²) < 4.78 is 5.56. The molecule has 1 aliphatic rings. The monoisotopic (exact) mass is 288 g/mol. The van der Waals surface area contributed by atoms with Crippen LogP contribution in [0.5, 0.6) is 10.9 Å². The summed E-state index contributed by atoms with van der Waals surface area (Å²) in [6, 6.07) is 7.50. The van der Waals surface area contributed by atoms with Gasteiger partial charge in [0, 0.05) is 23.2 Å². The molecule has 0 spiro atoms. The lowest BCUT2D eigenvalue weighted by Gasteiger charge is -2.12. The highest BCUT2D eigenvalue weighted by Gasteiger charge is 2.17. The average Bonchev–Trinajstić information content (AvgIpc) is 3.13. The fourth-order valence-electron chi connectivity index (χ4n) is 2.37. The SMILES string of the molecule is O=C(NC1CCCC1)c1ccc(Oc2nccs2)cc1. The predicted molar refractivity (Wildman–Crippen MR) is 78.4 cm³/mol. The zero-order chi connectivity index (χ0) is 13.8. The molecule has 1 aromatic carbocycles. The maximum absolute atomic E-state index is 12.1. The lowest BCUT2D eigenvalue weighted by Crippen LogP contribution is -2.32. The molecule has 0 radical (unpaired) electrons. The molecule has 0 aliphatic heterocycles. The first-order valence-corrected chi connectivity index (χ1v) is 7.67. The van der Waals surface area contributed by atoms with E-state index in [1.54, 1.807) is 30.5 Å². The van der Waals surface area contributed by atoms with E-state index in [2.05, 4.69) is 10.3 Å². The minimum Gasteiger partial charge on any atom is -0.431 e. The van der Waals surface area contributed by atoms with E-state index >= 15 is 0 Å². The quantitative estimate of drug-likeness (QED) is 0.935. The lowest BCUT2D eigenvalue weighted by atomic mass is 10.2. The molecule has 1 fully saturated rings. The molecular weight excluding hydrogens is 272 g/mol. The maximum atomic E-state index is 12.1. The summed E-state index contributed by atoms with van der Waals surface area (Å²) >= 11 is 1.44. The van der Waals surface area contributed by atoms with Gasteiger partial charge in [-0.05, 0) is 37.1 Å². The second-order valence-electron chi connectivity index (χ2n) is 4.88. The van der Waals surface area contributed by atoms with E-state index in [-0.39, 0.29) is 5.91 Å². The van der Waals surface area contributed by atoms with Crippen LogP contribution in [-0.2, 0) is 0 Å². The zero-order valence-corrected chi connectivity index (χ0v) is 11.9. The van der Waals surface area contributed by atoms with Crippen LogP contribution in [0.3, 0.4) is 0 Å². The zero-order valence-electron chi connectivity index (χ0n) is 11.0. The first-order chi connectivity index (χ1) is 9.81. The summed E-state index contributed by atoms with van der Waals surface area (Å²) in [6.45, 7) is 0. The number of nitrogens with zero attached hydrogens (tertiary/aromatic N) is 1. The number of hydrogen-bond acceptors (Lipinski definition) is 4. The normalized spacial score (nSPS) is 15.2. The van der Waals surface area contributed by atoms with Gasteiger partial charge in [-0.2, -0.15) is 0 Å². The molecule has 20 heavy (non-hydrogen) atoms. The number of ether oxygens (including phenoxy) is 1. The molecule has 1 heterocycles. The van der Waals surface area contributed by atoms with E-state index < -0.39 is 0 Å². The first kappa shape index (κ1) is 13.1. The number of rotatable bonds is 4. The van der Waals surface area contributed by atoms with Gasteiger partial charge in [-0.1, -0.05) is 24.2 Å². The molecule has 0 bridgehead atoms. The second kappa shape index (κ2) is 6.05. The Morgan fingerprint density at radius 2 is 2.00 bits per heavy atom. The van der Waals surface area contributed by atoms with Gasteiger partial charge in [0.05, 0.1) is 0 Å². The van der Waals surface area contributed by atoms with Crippen LogP contribution in [0, 0.1) is 0 Å². The molecule has 104 valence electrons. The Hall–Kier alpha value is -1.88. The number of thiazole rings is 1. The van der Waals surface area contributed by atoms with Gasteiger partial charge >= 0.3 is 0 Å². The molecule has 0 atom stereocenters. The number of carbonyl (C=O) groups is 1. The van der Waals surface area contributed by atoms with E-state index in [0.717, 1.165) is 12.8 Å². The summed E-state index contributed by atoms with van der Waals surface area (Å²) in [4.78, 5) is 16.1. The summed E-state index contributed by atoms with van der Waals surface area (Å²) in [7, 11) is 0. The summed E-state index contributed by atoms with van der Waals surface area (Å²) in [5.74, 6) is 0.690. The van der Waals surface area contributed by atoms with Crippen LogP contribution in [0.2, 0.25) is 0 Å². The van der Waals surface area contributed by atoms with Crippen molar-refractivity contribution in [3.63, 3.8) is 0 Å². The third kappa shape index (κ3) is 3.17. The molecule has 1 saturated carbocycles. The van der Waals surface area contributed by atoms with Crippen LogP contribution in [0.15, 0.2) is 35.8 Å². The third-order valence-electron chi connectivity index (χ3n) is 3.42. The molecule has 3 rings (SSSR count). The molecule has 0 unspecified atom stereocenters. The van der Waals surface area contributed by atoms with Crippen molar-refractivity contribution in [3.8, 4) is 10.9 Å². The standard InChI is InChI=1S/C15H16N2O2S/c18-14(17-12-3-1-2-4-12)11-5-7-13(8-6-11)19-15-16-9-10-20-15/h5-10,12H,1-4H2,(H,17,18). The van der Waals surface area contributed by atoms with Crippen molar-refractivity contribution in [3.05, 3.63) is 41.4 Å². The largest absolute Gasteiger partial charge is 0.431 e. The second-order valence-corrected chi connectivity index (χ2v) is 5.74. The van der Waals surface area contributed by atoms with E-state index in [0.29, 0.717) is 22.5 Å². The van der Waals surface area contributed by atoms with Crippen molar-refractivity contribution in [1.29, 1.82) is 0 Å². The van der Waals surface area contributed by atoms with Gasteiger partial charge in [-0.15, -0.1) is 0 Å². The van der Waals surface area contributed by atoms with Crippen molar-refractivity contribution in [2.75, 3.05) is 0 Å². The number of carbonyl (C=O) groups excluding carboxylic acids is 1. The molecule has 1 aromatic heterocycles. The number of aromatic nitrogens is 1. The van der Waals surface area contributed by atoms with Crippen LogP contribution < -0.4 is 10.1 Å². The van der Waals surface area contributed by atoms with Gasteiger partial charge in [0.15, 0.2) is 0 Å². The molecular formula is C15H16N2O2S. The smallest absolute Gasteiger partial charge is 0.278 e. The van der Waals surface area contributed by atoms with Crippen molar-refractivity contribution in [1.82, 2.24) is 10.3 Å². The molecule has 2 aromatic rings. The molecule has 4 nitrogen and oxygen atoms in total. The van der Waals surface area contributed by atoms with Gasteiger partial charge in [0.2, 0.25) is 0 Å². The van der Waals surface area contributed by atoms with E-state index in [1.165, 1.54) is 24.2 Å². The molecule has 0 saturated heterocycles. The fraction of sp³-hybridized carbons (Fsp3) is 0.333. The third-order valence-corrected chi connectivity index (χ3v) is 4.07. The van der Waals surface area contributed by atoms with Gasteiger partial charge in [0.25, 0.3) is 11.1 Å². The Kier molecular flexibility index (Phi) is 3.97. The summed E-state index contributed by atoms with van der Waals surface area (Å²) in [5.41, 5.74) is 0.670. The Balaban J connectivity index is 1.61. The Morgan fingerprint density at radius 1 is 1.25 bits per heavy atom. The summed E-state index contributed by atoms with van der Waals surface area (Å²) in [6.07, 6.45) is 6.31. The topological polar surface area (TPSA) is 51.2 Å². The number of amides is 1. The highest BCUT2D eigenvalue weighted by atomic mass is 32.1. The van der Waals surface area contributed by atoms with Gasteiger partial charge < -0.3 is 10.1 Å². The molecule has 1 aliphatic carbocycles. The lowest BCUT2D eigenvalue weighted by molar-refractivity contribution is 0.0938. The molecule has 1 amide bonds. The minimum atomic E-state index is -0.00213. The van der Waals surface area contributed by atoms with E-state index in [9.17, 15) is 4.79 Å². The van der Waals surface area contributed by atoms with Crippen LogP contribution >= 0.6 is 11.3 Å².